The van der Waals surface area contributed by atoms with E-state index in [1.807, 2.05) is 31.2 Å². The third kappa shape index (κ3) is 2.71. The molecule has 2 aromatic rings. The van der Waals surface area contributed by atoms with Crippen molar-refractivity contribution in [2.75, 3.05) is 20.1 Å². The van der Waals surface area contributed by atoms with Gasteiger partial charge in [-0.1, -0.05) is 25.1 Å². The van der Waals surface area contributed by atoms with Crippen molar-refractivity contribution in [2.45, 2.75) is 13.5 Å². The molecule has 4 heteroatoms. The number of para-hydroxylation sites is 1. The Morgan fingerprint density at radius 3 is 2.94 bits per heavy atom. The summed E-state index contributed by atoms with van der Waals surface area (Å²) in [6, 6.07) is 7.85. The molecule has 1 N–H and O–H groups in total. The molecule has 1 heterocycles. The molecule has 1 aromatic heterocycles. The molecule has 2 rings (SSSR count). The highest BCUT2D eigenvalue weighted by Gasteiger charge is 2.12. The smallest absolute Gasteiger partial charge is 0.236 e. The average Bonchev–Trinajstić information content (AvgIpc) is 2.79. The minimum atomic E-state index is 0.0853. The van der Waals surface area contributed by atoms with E-state index in [2.05, 4.69) is 5.32 Å². The fourth-order valence-electron chi connectivity index (χ4n) is 1.87. The summed E-state index contributed by atoms with van der Waals surface area (Å²) in [7, 11) is 1.81. The lowest BCUT2D eigenvalue weighted by Gasteiger charge is -2.16. The van der Waals surface area contributed by atoms with Crippen molar-refractivity contribution in [3.63, 3.8) is 0 Å². The minimum Gasteiger partial charge on any atom is -0.464 e. The van der Waals surface area contributed by atoms with Gasteiger partial charge in [-0.2, -0.15) is 0 Å². The molecule has 0 atom stereocenters. The van der Waals surface area contributed by atoms with E-state index < -0.39 is 0 Å². The van der Waals surface area contributed by atoms with Crippen LogP contribution in [0, 0.1) is 0 Å². The number of carbonyl (C=O) groups is 1. The van der Waals surface area contributed by atoms with Crippen LogP contribution in [-0.2, 0) is 11.3 Å². The van der Waals surface area contributed by atoms with Crippen LogP contribution in [0.25, 0.3) is 11.0 Å². The second-order valence-electron chi connectivity index (χ2n) is 4.29. The van der Waals surface area contributed by atoms with Gasteiger partial charge in [-0.25, -0.2) is 0 Å². The number of nitrogens with zero attached hydrogens (tertiary/aromatic N) is 1. The van der Waals surface area contributed by atoms with Crippen molar-refractivity contribution in [1.29, 1.82) is 0 Å². The second-order valence-corrected chi connectivity index (χ2v) is 4.29. The molecule has 0 unspecified atom stereocenters. The Morgan fingerprint density at radius 1 is 1.39 bits per heavy atom. The van der Waals surface area contributed by atoms with E-state index in [0.717, 1.165) is 23.1 Å². The van der Waals surface area contributed by atoms with Gasteiger partial charge in [-0.05, 0) is 12.6 Å². The molecule has 18 heavy (non-hydrogen) atoms. The Hall–Kier alpha value is -1.81. The first-order valence-corrected chi connectivity index (χ1v) is 6.12. The first-order chi connectivity index (χ1) is 8.72. The zero-order valence-corrected chi connectivity index (χ0v) is 10.8. The molecule has 4 nitrogen and oxygen atoms in total. The van der Waals surface area contributed by atoms with Gasteiger partial charge < -0.3 is 14.6 Å². The number of fused-ring (bicyclic) bond motifs is 1. The minimum absolute atomic E-state index is 0.0853. The maximum absolute atomic E-state index is 11.8. The Labute approximate surface area is 107 Å². The van der Waals surface area contributed by atoms with Crippen LogP contribution in [0.2, 0.25) is 0 Å². The van der Waals surface area contributed by atoms with Gasteiger partial charge in [0.25, 0.3) is 0 Å². The molecule has 0 fully saturated rings. The summed E-state index contributed by atoms with van der Waals surface area (Å²) in [5, 5.41) is 4.10. The van der Waals surface area contributed by atoms with Crippen molar-refractivity contribution < 1.29 is 9.21 Å². The summed E-state index contributed by atoms with van der Waals surface area (Å²) in [5.74, 6) is 0.0853. The molecule has 1 amide bonds. The molecule has 1 aromatic carbocycles. The predicted octanol–water partition coefficient (Wildman–Crippen LogP) is 2.00. The van der Waals surface area contributed by atoms with E-state index in [9.17, 15) is 4.79 Å². The Bertz CT molecular complexity index is 533. The van der Waals surface area contributed by atoms with Crippen LogP contribution >= 0.6 is 0 Å². The second kappa shape index (κ2) is 5.69. The molecule has 0 aliphatic heterocycles. The molecule has 0 radical (unpaired) electrons. The Kier molecular flexibility index (Phi) is 3.99. The number of hydrogen-bond acceptors (Lipinski definition) is 3. The monoisotopic (exact) mass is 246 g/mol. The van der Waals surface area contributed by atoms with Crippen molar-refractivity contribution in [3.8, 4) is 0 Å². The number of furan rings is 1. The van der Waals surface area contributed by atoms with E-state index in [0.29, 0.717) is 13.1 Å². The zero-order chi connectivity index (χ0) is 13.0. The van der Waals surface area contributed by atoms with E-state index in [4.69, 9.17) is 4.42 Å². The molecule has 0 bridgehead atoms. The zero-order valence-electron chi connectivity index (χ0n) is 10.8. The van der Waals surface area contributed by atoms with Gasteiger partial charge in [-0.15, -0.1) is 0 Å². The third-order valence-corrected chi connectivity index (χ3v) is 2.92. The molecule has 0 spiro atoms. The van der Waals surface area contributed by atoms with Gasteiger partial charge in [0.05, 0.1) is 12.8 Å². The summed E-state index contributed by atoms with van der Waals surface area (Å²) in [4.78, 5) is 13.5. The van der Waals surface area contributed by atoms with E-state index in [-0.39, 0.29) is 5.91 Å². The van der Waals surface area contributed by atoms with Crippen LogP contribution < -0.4 is 5.32 Å². The van der Waals surface area contributed by atoms with Gasteiger partial charge in [0.15, 0.2) is 0 Å². The molecule has 0 saturated heterocycles. The van der Waals surface area contributed by atoms with Crippen LogP contribution in [0.5, 0.6) is 0 Å². The van der Waals surface area contributed by atoms with Crippen LogP contribution in [0.3, 0.4) is 0 Å². The maximum Gasteiger partial charge on any atom is 0.236 e. The van der Waals surface area contributed by atoms with Gasteiger partial charge >= 0.3 is 0 Å². The number of rotatable bonds is 5. The van der Waals surface area contributed by atoms with Crippen LogP contribution in [0.1, 0.15) is 12.5 Å². The highest BCUT2D eigenvalue weighted by atomic mass is 16.3. The number of carbonyl (C=O) groups excluding carboxylic acids is 1. The fourth-order valence-corrected chi connectivity index (χ4v) is 1.87. The van der Waals surface area contributed by atoms with Crippen molar-refractivity contribution >= 4 is 16.9 Å². The van der Waals surface area contributed by atoms with Crippen molar-refractivity contribution in [3.05, 3.63) is 36.1 Å². The average molecular weight is 246 g/mol. The van der Waals surface area contributed by atoms with Gasteiger partial charge in [0.2, 0.25) is 5.91 Å². The lowest BCUT2D eigenvalue weighted by molar-refractivity contribution is -0.129. The molecule has 0 saturated carbocycles. The standard InChI is InChI=1S/C14H18N2O2/c1-3-15-8-14(17)16(2)9-11-10-18-13-7-5-4-6-12(11)13/h4-7,10,15H,3,8-9H2,1-2H3. The number of nitrogens with one attached hydrogen (secondary N) is 1. The Balaban J connectivity index is 2.07. The summed E-state index contributed by atoms with van der Waals surface area (Å²) < 4.78 is 5.46. The highest BCUT2D eigenvalue weighted by molar-refractivity contribution is 5.82. The first-order valence-electron chi connectivity index (χ1n) is 6.12. The number of likely N-dealkylation sites (N-methyl/N-ethyl adjacent to an activating group) is 2. The normalized spacial score (nSPS) is 10.8. The topological polar surface area (TPSA) is 45.5 Å². The van der Waals surface area contributed by atoms with Crippen molar-refractivity contribution in [2.24, 2.45) is 0 Å². The maximum atomic E-state index is 11.8. The van der Waals surface area contributed by atoms with Gasteiger partial charge in [0.1, 0.15) is 5.58 Å². The van der Waals surface area contributed by atoms with Crippen LogP contribution in [0.15, 0.2) is 34.9 Å². The quantitative estimate of drug-likeness (QED) is 0.877. The largest absolute Gasteiger partial charge is 0.464 e. The molecule has 0 aliphatic carbocycles. The lowest BCUT2D eigenvalue weighted by Crippen LogP contribution is -2.34. The van der Waals surface area contributed by atoms with Gasteiger partial charge in [-0.3, -0.25) is 4.79 Å². The molecule has 96 valence electrons. The summed E-state index contributed by atoms with van der Waals surface area (Å²) in [6.07, 6.45) is 1.72. The first kappa shape index (κ1) is 12.6. The summed E-state index contributed by atoms with van der Waals surface area (Å²) >= 11 is 0. The molecule has 0 aliphatic rings. The number of hydrogen-bond donors (Lipinski definition) is 1. The number of amides is 1. The number of benzene rings is 1. The van der Waals surface area contributed by atoms with E-state index >= 15 is 0 Å². The Morgan fingerprint density at radius 2 is 2.17 bits per heavy atom. The van der Waals surface area contributed by atoms with Gasteiger partial charge in [0, 0.05) is 24.5 Å². The summed E-state index contributed by atoms with van der Waals surface area (Å²) in [6.45, 7) is 3.73. The third-order valence-electron chi connectivity index (χ3n) is 2.92. The van der Waals surface area contributed by atoms with Crippen LogP contribution in [0.4, 0.5) is 0 Å². The fraction of sp³-hybridized carbons (Fsp3) is 0.357. The van der Waals surface area contributed by atoms with E-state index in [1.165, 1.54) is 0 Å². The van der Waals surface area contributed by atoms with Crippen molar-refractivity contribution in [1.82, 2.24) is 10.2 Å². The van der Waals surface area contributed by atoms with Crippen LogP contribution in [-0.4, -0.2) is 30.9 Å². The SMILES string of the molecule is CCNCC(=O)N(C)Cc1coc2ccccc12. The summed E-state index contributed by atoms with van der Waals surface area (Å²) in [5.41, 5.74) is 1.90. The van der Waals surface area contributed by atoms with E-state index in [1.54, 1.807) is 18.2 Å². The predicted molar refractivity (Wildman–Crippen MR) is 71.2 cm³/mol. The molecular formula is C14H18N2O2. The highest BCUT2D eigenvalue weighted by Crippen LogP contribution is 2.21. The lowest BCUT2D eigenvalue weighted by atomic mass is 10.1. The molecular weight excluding hydrogens is 228 g/mol.